The van der Waals surface area contributed by atoms with Crippen molar-refractivity contribution in [3.8, 4) is 0 Å². The largest absolute Gasteiger partial charge is 0.416 e. The predicted molar refractivity (Wildman–Crippen MR) is 127 cm³/mol. The number of likely N-dealkylation sites (tertiary alicyclic amines) is 1. The Morgan fingerprint density at radius 2 is 1.56 bits per heavy atom. The number of ether oxygens (including phenoxy) is 1. The van der Waals surface area contributed by atoms with Crippen LogP contribution in [-0.2, 0) is 20.9 Å². The van der Waals surface area contributed by atoms with Gasteiger partial charge in [0, 0.05) is 19.7 Å². The number of halogens is 3. The van der Waals surface area contributed by atoms with Gasteiger partial charge in [0.1, 0.15) is 0 Å². The van der Waals surface area contributed by atoms with Crippen molar-refractivity contribution in [3.63, 3.8) is 0 Å². The molecule has 0 N–H and O–H groups in total. The van der Waals surface area contributed by atoms with Crippen LogP contribution in [0.2, 0.25) is 0 Å². The van der Waals surface area contributed by atoms with Gasteiger partial charge in [-0.05, 0) is 95.3 Å². The minimum Gasteiger partial charge on any atom is -0.378 e. The lowest BCUT2D eigenvalue weighted by Crippen LogP contribution is -2.40. The first-order valence-corrected chi connectivity index (χ1v) is 14.1. The molecule has 0 bridgehead atoms. The Balaban J connectivity index is 1.33. The van der Waals surface area contributed by atoms with Crippen LogP contribution in [-0.4, -0.2) is 63.1 Å². The van der Waals surface area contributed by atoms with Crippen LogP contribution in [0, 0.1) is 0 Å². The van der Waals surface area contributed by atoms with Crippen molar-refractivity contribution >= 4 is 10.0 Å². The molecule has 0 amide bonds. The van der Waals surface area contributed by atoms with E-state index >= 15 is 0 Å². The Kier molecular flexibility index (Phi) is 10.2. The molecular formula is C25H39F3N2O3S. The van der Waals surface area contributed by atoms with Gasteiger partial charge in [-0.1, -0.05) is 19.3 Å². The molecule has 1 saturated carbocycles. The Hall–Kier alpha value is -1.16. The number of nitrogens with zero attached hydrogens (tertiary/aromatic N) is 2. The molecule has 5 nitrogen and oxygen atoms in total. The predicted octanol–water partition coefficient (Wildman–Crippen LogP) is 5.70. The molecule has 0 unspecified atom stereocenters. The summed E-state index contributed by atoms with van der Waals surface area (Å²) in [6.45, 7) is 4.48. The Morgan fingerprint density at radius 1 is 0.941 bits per heavy atom. The molecule has 1 heterocycles. The minimum atomic E-state index is -4.49. The molecule has 1 aromatic carbocycles. The molecule has 1 aliphatic heterocycles. The molecule has 3 rings (SSSR count). The van der Waals surface area contributed by atoms with Gasteiger partial charge in [0.2, 0.25) is 10.0 Å². The monoisotopic (exact) mass is 504 g/mol. The Morgan fingerprint density at radius 3 is 2.18 bits per heavy atom. The number of sulfonamides is 1. The number of piperidine rings is 1. The third-order valence-corrected chi connectivity index (χ3v) is 9.11. The van der Waals surface area contributed by atoms with Gasteiger partial charge >= 0.3 is 6.18 Å². The maximum absolute atomic E-state index is 12.9. The van der Waals surface area contributed by atoms with Crippen molar-refractivity contribution in [2.45, 2.75) is 93.8 Å². The van der Waals surface area contributed by atoms with Crippen molar-refractivity contribution in [3.05, 3.63) is 29.8 Å². The van der Waals surface area contributed by atoms with Crippen LogP contribution in [0.3, 0.4) is 0 Å². The van der Waals surface area contributed by atoms with Crippen LogP contribution in [0.4, 0.5) is 13.2 Å². The first kappa shape index (κ1) is 27.4. The molecule has 1 aliphatic carbocycles. The fourth-order valence-corrected chi connectivity index (χ4v) is 6.39. The van der Waals surface area contributed by atoms with Crippen molar-refractivity contribution in [2.24, 2.45) is 0 Å². The number of hydrogen-bond acceptors (Lipinski definition) is 4. The van der Waals surface area contributed by atoms with E-state index in [0.29, 0.717) is 12.8 Å². The lowest BCUT2D eigenvalue weighted by Gasteiger charge is -2.34. The van der Waals surface area contributed by atoms with E-state index in [9.17, 15) is 21.6 Å². The van der Waals surface area contributed by atoms with E-state index in [0.717, 1.165) is 50.1 Å². The lowest BCUT2D eigenvalue weighted by atomic mass is 9.93. The normalized spacial score (nSPS) is 22.9. The van der Waals surface area contributed by atoms with Crippen LogP contribution < -0.4 is 0 Å². The number of unbranched alkanes of at least 4 members (excludes halogenated alkanes) is 3. The molecule has 2 fully saturated rings. The van der Waals surface area contributed by atoms with Crippen molar-refractivity contribution in [2.75, 3.05) is 33.3 Å². The molecule has 1 saturated heterocycles. The number of rotatable bonds is 11. The van der Waals surface area contributed by atoms with Gasteiger partial charge in [0.05, 0.1) is 16.6 Å². The standard InChI is InChI=1S/C25H39F3N2O3S/c1-29(34(31,32)24-15-9-21(10-16-24)25(26,27)28)22-11-13-23(14-12-22)33-20-8-3-2-5-17-30-18-6-4-7-19-30/h9-10,15-16,22-23H,2-8,11-14,17-20H2,1H3/t22-,23-. The summed E-state index contributed by atoms with van der Waals surface area (Å²) in [5.74, 6) is 0. The third-order valence-electron chi connectivity index (χ3n) is 7.19. The third kappa shape index (κ3) is 7.93. The molecular weight excluding hydrogens is 465 g/mol. The number of benzene rings is 1. The number of hydrogen-bond donors (Lipinski definition) is 0. The van der Waals surface area contributed by atoms with Gasteiger partial charge in [-0.3, -0.25) is 0 Å². The van der Waals surface area contributed by atoms with E-state index < -0.39 is 21.8 Å². The maximum Gasteiger partial charge on any atom is 0.416 e. The summed E-state index contributed by atoms with van der Waals surface area (Å²) in [6.07, 6.45) is 7.43. The molecule has 2 aliphatic rings. The second-order valence-electron chi connectivity index (χ2n) is 9.66. The van der Waals surface area contributed by atoms with Crippen LogP contribution in [0.1, 0.15) is 76.2 Å². The highest BCUT2D eigenvalue weighted by atomic mass is 32.2. The maximum atomic E-state index is 12.9. The van der Waals surface area contributed by atoms with Crippen LogP contribution >= 0.6 is 0 Å². The Bertz CT molecular complexity index is 832. The first-order valence-electron chi connectivity index (χ1n) is 12.7. The van der Waals surface area contributed by atoms with Gasteiger partial charge in [-0.15, -0.1) is 0 Å². The van der Waals surface area contributed by atoms with E-state index in [1.807, 2.05) is 0 Å². The molecule has 0 aromatic heterocycles. The summed E-state index contributed by atoms with van der Waals surface area (Å²) in [7, 11) is -2.32. The van der Waals surface area contributed by atoms with Crippen LogP contribution in [0.25, 0.3) is 0 Å². The summed E-state index contributed by atoms with van der Waals surface area (Å²) in [6, 6.07) is 3.55. The molecule has 0 radical (unpaired) electrons. The van der Waals surface area contributed by atoms with E-state index in [1.165, 1.54) is 69.5 Å². The summed E-state index contributed by atoms with van der Waals surface area (Å²) >= 11 is 0. The fourth-order valence-electron chi connectivity index (χ4n) is 4.98. The topological polar surface area (TPSA) is 49.9 Å². The molecule has 34 heavy (non-hydrogen) atoms. The summed E-state index contributed by atoms with van der Waals surface area (Å²) in [4.78, 5) is 2.47. The zero-order valence-electron chi connectivity index (χ0n) is 20.2. The van der Waals surface area contributed by atoms with Crippen LogP contribution in [0.5, 0.6) is 0 Å². The average molecular weight is 505 g/mol. The van der Waals surface area contributed by atoms with Crippen molar-refractivity contribution in [1.82, 2.24) is 9.21 Å². The minimum absolute atomic E-state index is 0.110. The highest BCUT2D eigenvalue weighted by Crippen LogP contribution is 2.32. The quantitative estimate of drug-likeness (QED) is 0.363. The Labute approximate surface area is 202 Å². The zero-order valence-corrected chi connectivity index (χ0v) is 21.0. The fraction of sp³-hybridized carbons (Fsp3) is 0.760. The second-order valence-corrected chi connectivity index (χ2v) is 11.7. The van der Waals surface area contributed by atoms with E-state index in [1.54, 1.807) is 0 Å². The van der Waals surface area contributed by atoms with Gasteiger partial charge in [-0.25, -0.2) is 8.42 Å². The molecule has 0 atom stereocenters. The molecule has 194 valence electrons. The van der Waals surface area contributed by atoms with Gasteiger partial charge in [0.15, 0.2) is 0 Å². The van der Waals surface area contributed by atoms with Gasteiger partial charge < -0.3 is 9.64 Å². The van der Waals surface area contributed by atoms with Crippen LogP contribution in [0.15, 0.2) is 29.2 Å². The summed E-state index contributed by atoms with van der Waals surface area (Å²) in [5, 5.41) is 0. The van der Waals surface area contributed by atoms with Gasteiger partial charge in [0.25, 0.3) is 0 Å². The number of alkyl halides is 3. The summed E-state index contributed by atoms with van der Waals surface area (Å²) in [5.41, 5.74) is -0.853. The average Bonchev–Trinajstić information content (AvgIpc) is 2.83. The van der Waals surface area contributed by atoms with Crippen molar-refractivity contribution in [1.29, 1.82) is 0 Å². The van der Waals surface area contributed by atoms with Gasteiger partial charge in [-0.2, -0.15) is 17.5 Å². The highest BCUT2D eigenvalue weighted by molar-refractivity contribution is 7.89. The van der Waals surface area contributed by atoms with E-state index in [-0.39, 0.29) is 17.0 Å². The highest BCUT2D eigenvalue weighted by Gasteiger charge is 2.34. The smallest absolute Gasteiger partial charge is 0.378 e. The molecule has 9 heteroatoms. The first-order chi connectivity index (χ1) is 16.2. The molecule has 0 spiro atoms. The van der Waals surface area contributed by atoms with Crippen molar-refractivity contribution < 1.29 is 26.3 Å². The lowest BCUT2D eigenvalue weighted by molar-refractivity contribution is -0.137. The molecule has 1 aromatic rings. The van der Waals surface area contributed by atoms with E-state index in [4.69, 9.17) is 4.74 Å². The summed E-state index contributed by atoms with van der Waals surface area (Å²) < 4.78 is 71.4. The second kappa shape index (κ2) is 12.7. The zero-order chi connectivity index (χ0) is 24.6. The SMILES string of the molecule is CN([C@H]1CC[C@H](OCCCCCCN2CCCCC2)CC1)S(=O)(=O)c1ccc(C(F)(F)F)cc1. The van der Waals surface area contributed by atoms with E-state index in [2.05, 4.69) is 4.90 Å².